The fourth-order valence-corrected chi connectivity index (χ4v) is 2.29. The van der Waals surface area contributed by atoms with Crippen LogP contribution in [-0.2, 0) is 4.74 Å². The highest BCUT2D eigenvalue weighted by Gasteiger charge is 2.32. The molecule has 1 aliphatic heterocycles. The average Bonchev–Trinajstić information content (AvgIpc) is 3.14. The quantitative estimate of drug-likeness (QED) is 0.554. The molecule has 1 saturated heterocycles. The first-order chi connectivity index (χ1) is 8.18. The normalized spacial score (nSPS) is 24.2. The molecule has 2 N–H and O–H groups in total. The van der Waals surface area contributed by atoms with Crippen molar-refractivity contribution in [1.82, 2.24) is 9.80 Å². The molecule has 98 valence electrons. The molecule has 0 spiro atoms. The molecule has 1 heterocycles. The molecule has 0 amide bonds. The summed E-state index contributed by atoms with van der Waals surface area (Å²) in [5.74, 6) is 1.51. The molecule has 1 atom stereocenters. The maximum absolute atomic E-state index is 6.02. The smallest absolute Gasteiger partial charge is 0.191 e. The largest absolute Gasteiger partial charge is 0.378 e. The van der Waals surface area contributed by atoms with Crippen molar-refractivity contribution in [1.29, 1.82) is 0 Å². The fourth-order valence-electron chi connectivity index (χ4n) is 2.29. The molecule has 1 unspecified atom stereocenters. The molecule has 2 aliphatic rings. The van der Waals surface area contributed by atoms with Gasteiger partial charge in [0.1, 0.15) is 0 Å². The lowest BCUT2D eigenvalue weighted by Crippen LogP contribution is -2.45. The zero-order valence-electron chi connectivity index (χ0n) is 10.9. The second-order valence-electron chi connectivity index (χ2n) is 5.17. The number of nitrogens with zero attached hydrogens (tertiary/aromatic N) is 3. The van der Waals surface area contributed by atoms with Gasteiger partial charge >= 0.3 is 0 Å². The van der Waals surface area contributed by atoms with Crippen LogP contribution in [0.3, 0.4) is 0 Å². The highest BCUT2D eigenvalue weighted by atomic mass is 16.5. The summed E-state index contributed by atoms with van der Waals surface area (Å²) in [6.07, 6.45) is 2.69. The van der Waals surface area contributed by atoms with Crippen molar-refractivity contribution in [2.24, 2.45) is 16.6 Å². The lowest BCUT2D eigenvalue weighted by atomic mass is 10.2. The van der Waals surface area contributed by atoms with Crippen LogP contribution in [0.15, 0.2) is 4.99 Å². The Morgan fingerprint density at radius 2 is 2.06 bits per heavy atom. The number of nitrogens with two attached hydrogens (primary N) is 1. The van der Waals surface area contributed by atoms with E-state index in [0.29, 0.717) is 12.0 Å². The van der Waals surface area contributed by atoms with Crippen LogP contribution >= 0.6 is 0 Å². The summed E-state index contributed by atoms with van der Waals surface area (Å²) in [5, 5.41) is 0. The van der Waals surface area contributed by atoms with Gasteiger partial charge in [-0.3, -0.25) is 4.99 Å². The molecule has 2 fully saturated rings. The molecule has 0 aromatic carbocycles. The van der Waals surface area contributed by atoms with Crippen LogP contribution < -0.4 is 5.73 Å². The van der Waals surface area contributed by atoms with Gasteiger partial charge < -0.3 is 20.3 Å². The first kappa shape index (κ1) is 12.6. The molecule has 0 aromatic heterocycles. The van der Waals surface area contributed by atoms with E-state index < -0.39 is 0 Å². The van der Waals surface area contributed by atoms with Gasteiger partial charge in [0.15, 0.2) is 5.96 Å². The summed E-state index contributed by atoms with van der Waals surface area (Å²) in [5.41, 5.74) is 6.02. The fraction of sp³-hybridized carbons (Fsp3) is 0.917. The molecule has 17 heavy (non-hydrogen) atoms. The number of likely N-dealkylation sites (N-methyl/N-ethyl adjacent to an activating group) is 1. The van der Waals surface area contributed by atoms with Crippen molar-refractivity contribution in [2.45, 2.75) is 18.9 Å². The highest BCUT2D eigenvalue weighted by molar-refractivity contribution is 5.78. The van der Waals surface area contributed by atoms with Crippen molar-refractivity contribution in [3.05, 3.63) is 0 Å². The number of rotatable bonds is 4. The predicted octanol–water partition coefficient (Wildman–Crippen LogP) is -0.0265. The van der Waals surface area contributed by atoms with E-state index in [1.165, 1.54) is 12.8 Å². The van der Waals surface area contributed by atoms with Crippen LogP contribution in [0.25, 0.3) is 0 Å². The number of hydrogen-bond acceptors (Lipinski definition) is 3. The van der Waals surface area contributed by atoms with E-state index in [-0.39, 0.29) is 0 Å². The summed E-state index contributed by atoms with van der Waals surface area (Å²) in [6, 6.07) is 0.551. The Kier molecular flexibility index (Phi) is 4.23. The summed E-state index contributed by atoms with van der Waals surface area (Å²) < 4.78 is 5.30. The van der Waals surface area contributed by atoms with Gasteiger partial charge in [-0.2, -0.15) is 0 Å². The predicted molar refractivity (Wildman–Crippen MR) is 69.1 cm³/mol. The lowest BCUT2D eigenvalue weighted by molar-refractivity contribution is 0.0673. The number of morpholine rings is 1. The van der Waals surface area contributed by atoms with Crippen LogP contribution in [-0.4, -0.2) is 68.7 Å². The van der Waals surface area contributed by atoms with Gasteiger partial charge in [-0.15, -0.1) is 0 Å². The number of hydrogen-bond donors (Lipinski definition) is 1. The monoisotopic (exact) mass is 240 g/mol. The summed E-state index contributed by atoms with van der Waals surface area (Å²) >= 11 is 0. The van der Waals surface area contributed by atoms with Crippen LogP contribution in [0.4, 0.5) is 0 Å². The number of aliphatic imine (C=N–C) groups is 1. The van der Waals surface area contributed by atoms with E-state index >= 15 is 0 Å². The van der Waals surface area contributed by atoms with Crippen molar-refractivity contribution in [3.63, 3.8) is 0 Å². The van der Waals surface area contributed by atoms with Gasteiger partial charge in [0.25, 0.3) is 0 Å². The molecular formula is C12H24N4O. The topological polar surface area (TPSA) is 54.1 Å². The minimum Gasteiger partial charge on any atom is -0.378 e. The van der Waals surface area contributed by atoms with E-state index in [1.807, 2.05) is 0 Å². The third-order valence-corrected chi connectivity index (χ3v) is 3.60. The van der Waals surface area contributed by atoms with Gasteiger partial charge in [-0.05, 0) is 32.9 Å². The Hall–Kier alpha value is -0.810. The van der Waals surface area contributed by atoms with E-state index in [1.54, 1.807) is 0 Å². The highest BCUT2D eigenvalue weighted by Crippen LogP contribution is 2.34. The van der Waals surface area contributed by atoms with E-state index in [0.717, 1.165) is 38.8 Å². The van der Waals surface area contributed by atoms with Gasteiger partial charge in [-0.25, -0.2) is 0 Å². The Morgan fingerprint density at radius 1 is 1.41 bits per heavy atom. The van der Waals surface area contributed by atoms with Crippen molar-refractivity contribution in [3.8, 4) is 0 Å². The van der Waals surface area contributed by atoms with E-state index in [4.69, 9.17) is 10.5 Å². The van der Waals surface area contributed by atoms with Crippen molar-refractivity contribution < 1.29 is 4.74 Å². The molecule has 5 nitrogen and oxygen atoms in total. The molecule has 5 heteroatoms. The molecule has 0 aromatic rings. The zero-order chi connectivity index (χ0) is 12.3. The Labute approximate surface area is 104 Å². The van der Waals surface area contributed by atoms with Crippen LogP contribution in [0, 0.1) is 5.92 Å². The Morgan fingerprint density at radius 3 is 2.59 bits per heavy atom. The zero-order valence-corrected chi connectivity index (χ0v) is 10.9. The minimum absolute atomic E-state index is 0.551. The Bertz CT molecular complexity index is 268. The standard InChI is InChI=1S/C12H24N4O/c1-15(2)11(10-3-4-10)9-14-12(13)16-5-7-17-8-6-16/h10-11H,3-9H2,1-2H3,(H2,13,14). The third-order valence-electron chi connectivity index (χ3n) is 3.60. The number of guanidine groups is 1. The SMILES string of the molecule is CN(C)C(CN=C(N)N1CCOCC1)C1CC1. The van der Waals surface area contributed by atoms with E-state index in [2.05, 4.69) is 28.9 Å². The second kappa shape index (κ2) is 5.69. The summed E-state index contributed by atoms with van der Waals surface area (Å²) in [4.78, 5) is 8.94. The van der Waals surface area contributed by atoms with Gasteiger partial charge in [0.05, 0.1) is 19.8 Å². The van der Waals surface area contributed by atoms with E-state index in [9.17, 15) is 0 Å². The lowest BCUT2D eigenvalue weighted by Gasteiger charge is -2.28. The summed E-state index contributed by atoms with van der Waals surface area (Å²) in [6.45, 7) is 4.07. The van der Waals surface area contributed by atoms with Crippen LogP contribution in [0.5, 0.6) is 0 Å². The minimum atomic E-state index is 0.551. The maximum Gasteiger partial charge on any atom is 0.191 e. The molecule has 2 rings (SSSR count). The van der Waals surface area contributed by atoms with Crippen LogP contribution in [0.1, 0.15) is 12.8 Å². The van der Waals surface area contributed by atoms with Gasteiger partial charge in [0, 0.05) is 19.1 Å². The van der Waals surface area contributed by atoms with Crippen molar-refractivity contribution >= 4 is 5.96 Å². The first-order valence-corrected chi connectivity index (χ1v) is 6.47. The summed E-state index contributed by atoms with van der Waals surface area (Å²) in [7, 11) is 4.26. The molecular weight excluding hydrogens is 216 g/mol. The molecule has 0 bridgehead atoms. The van der Waals surface area contributed by atoms with Gasteiger partial charge in [-0.1, -0.05) is 0 Å². The second-order valence-corrected chi connectivity index (χ2v) is 5.17. The average molecular weight is 240 g/mol. The first-order valence-electron chi connectivity index (χ1n) is 6.47. The third kappa shape index (κ3) is 3.57. The van der Waals surface area contributed by atoms with Crippen LogP contribution in [0.2, 0.25) is 0 Å². The number of ether oxygens (including phenoxy) is 1. The van der Waals surface area contributed by atoms with Gasteiger partial charge in [0.2, 0.25) is 0 Å². The molecule has 1 saturated carbocycles. The van der Waals surface area contributed by atoms with Crippen molar-refractivity contribution in [2.75, 3.05) is 46.9 Å². The Balaban J connectivity index is 1.84. The maximum atomic E-state index is 6.02. The molecule has 0 radical (unpaired) electrons. The molecule has 1 aliphatic carbocycles.